The predicted molar refractivity (Wildman–Crippen MR) is 96.4 cm³/mol. The van der Waals surface area contributed by atoms with Crippen LogP contribution in [-0.2, 0) is 9.84 Å². The van der Waals surface area contributed by atoms with E-state index < -0.39 is 9.84 Å². The maximum atomic E-state index is 12.4. The van der Waals surface area contributed by atoms with Crippen LogP contribution in [0.15, 0.2) is 24.3 Å². The Morgan fingerprint density at radius 3 is 2.92 bits per heavy atom. The van der Waals surface area contributed by atoms with Crippen LogP contribution < -0.4 is 5.32 Å². The van der Waals surface area contributed by atoms with Gasteiger partial charge in [-0.3, -0.25) is 4.79 Å². The molecule has 8 heteroatoms. The van der Waals surface area contributed by atoms with Crippen molar-refractivity contribution in [1.82, 2.24) is 10.3 Å². The molecule has 128 valence electrons. The topological polar surface area (TPSA) is 76.1 Å². The highest BCUT2D eigenvalue weighted by Crippen LogP contribution is 2.29. The molecule has 1 N–H and O–H groups in total. The molecular weight excluding hydrogens is 368 g/mol. The fourth-order valence-corrected chi connectivity index (χ4v) is 5.73. The van der Waals surface area contributed by atoms with Crippen molar-refractivity contribution >= 4 is 38.7 Å². The van der Waals surface area contributed by atoms with Gasteiger partial charge in [-0.25, -0.2) is 13.4 Å². The summed E-state index contributed by atoms with van der Waals surface area (Å²) in [5.41, 5.74) is 1.53. The van der Waals surface area contributed by atoms with Gasteiger partial charge in [0.2, 0.25) is 0 Å². The molecule has 1 unspecified atom stereocenters. The molecule has 1 aliphatic rings. The molecule has 1 aliphatic heterocycles. The standard InChI is InChI=1S/C16H17ClN2O3S2/c1-10-14(15(20)18-8-11-5-6-24(21,22)9-11)23-16(19-10)12-3-2-4-13(17)7-12/h2-4,7,11H,5-6,8-9H2,1H3,(H,18,20). The van der Waals surface area contributed by atoms with E-state index >= 15 is 0 Å². The molecule has 2 aromatic rings. The lowest BCUT2D eigenvalue weighted by molar-refractivity contribution is 0.0951. The van der Waals surface area contributed by atoms with Crippen molar-refractivity contribution in [1.29, 1.82) is 0 Å². The summed E-state index contributed by atoms with van der Waals surface area (Å²) in [6, 6.07) is 7.34. The Hall–Kier alpha value is -1.44. The number of aryl methyl sites for hydroxylation is 1. The number of rotatable bonds is 4. The van der Waals surface area contributed by atoms with Crippen LogP contribution in [-0.4, -0.2) is 37.4 Å². The minimum Gasteiger partial charge on any atom is -0.351 e. The third kappa shape index (κ3) is 3.96. The molecule has 1 saturated heterocycles. The van der Waals surface area contributed by atoms with Crippen molar-refractivity contribution in [2.24, 2.45) is 5.92 Å². The Morgan fingerprint density at radius 1 is 1.46 bits per heavy atom. The lowest BCUT2D eigenvalue weighted by Crippen LogP contribution is -2.29. The van der Waals surface area contributed by atoms with Crippen LogP contribution in [0.25, 0.3) is 10.6 Å². The molecule has 1 amide bonds. The molecule has 0 bridgehead atoms. The number of benzene rings is 1. The summed E-state index contributed by atoms with van der Waals surface area (Å²) in [6.07, 6.45) is 0.609. The van der Waals surface area contributed by atoms with E-state index in [-0.39, 0.29) is 23.3 Å². The third-order valence-corrected chi connectivity index (χ3v) is 7.23. The number of carbonyl (C=O) groups excluding carboxylic acids is 1. The molecule has 2 heterocycles. The third-order valence-electron chi connectivity index (χ3n) is 3.95. The first-order valence-electron chi connectivity index (χ1n) is 7.56. The second-order valence-corrected chi connectivity index (χ2v) is 9.59. The quantitative estimate of drug-likeness (QED) is 0.879. The molecule has 1 atom stereocenters. The average molecular weight is 385 g/mol. The summed E-state index contributed by atoms with van der Waals surface area (Å²) < 4.78 is 22.9. The minimum absolute atomic E-state index is 0.000391. The van der Waals surface area contributed by atoms with Crippen LogP contribution >= 0.6 is 22.9 Å². The fourth-order valence-electron chi connectivity index (χ4n) is 2.70. The Bertz CT molecular complexity index is 877. The van der Waals surface area contributed by atoms with Crippen molar-refractivity contribution in [3.63, 3.8) is 0 Å². The summed E-state index contributed by atoms with van der Waals surface area (Å²) in [7, 11) is -2.93. The van der Waals surface area contributed by atoms with E-state index in [2.05, 4.69) is 10.3 Å². The maximum Gasteiger partial charge on any atom is 0.263 e. The fraction of sp³-hybridized carbons (Fsp3) is 0.375. The van der Waals surface area contributed by atoms with Crippen LogP contribution in [0.2, 0.25) is 5.02 Å². The van der Waals surface area contributed by atoms with Gasteiger partial charge in [0.15, 0.2) is 9.84 Å². The van der Waals surface area contributed by atoms with Crippen LogP contribution in [0, 0.1) is 12.8 Å². The zero-order valence-corrected chi connectivity index (χ0v) is 15.5. The van der Waals surface area contributed by atoms with E-state index in [1.165, 1.54) is 11.3 Å². The van der Waals surface area contributed by atoms with E-state index in [1.54, 1.807) is 13.0 Å². The van der Waals surface area contributed by atoms with Gasteiger partial charge in [0.05, 0.1) is 17.2 Å². The highest BCUT2D eigenvalue weighted by atomic mass is 35.5. The molecule has 0 saturated carbocycles. The first-order chi connectivity index (χ1) is 11.3. The number of hydrogen-bond donors (Lipinski definition) is 1. The van der Waals surface area contributed by atoms with Gasteiger partial charge in [-0.15, -0.1) is 11.3 Å². The average Bonchev–Trinajstić information content (AvgIpc) is 3.07. The van der Waals surface area contributed by atoms with Gasteiger partial charge in [0.25, 0.3) is 5.91 Å². The zero-order valence-electron chi connectivity index (χ0n) is 13.1. The molecule has 0 radical (unpaired) electrons. The number of aromatic nitrogens is 1. The van der Waals surface area contributed by atoms with E-state index in [1.807, 2.05) is 18.2 Å². The van der Waals surface area contributed by atoms with Gasteiger partial charge in [-0.2, -0.15) is 0 Å². The smallest absolute Gasteiger partial charge is 0.263 e. The largest absolute Gasteiger partial charge is 0.351 e. The van der Waals surface area contributed by atoms with Gasteiger partial charge < -0.3 is 5.32 Å². The number of nitrogens with zero attached hydrogens (tertiary/aromatic N) is 1. The Kier molecular flexibility index (Phi) is 4.94. The second-order valence-electron chi connectivity index (χ2n) is 5.92. The minimum atomic E-state index is -2.93. The van der Waals surface area contributed by atoms with Crippen LogP contribution in [0.4, 0.5) is 0 Å². The predicted octanol–water partition coefficient (Wildman–Crippen LogP) is 2.94. The number of amides is 1. The van der Waals surface area contributed by atoms with Crippen LogP contribution in [0.1, 0.15) is 21.8 Å². The first-order valence-corrected chi connectivity index (χ1v) is 10.6. The van der Waals surface area contributed by atoms with Gasteiger partial charge >= 0.3 is 0 Å². The Morgan fingerprint density at radius 2 is 2.25 bits per heavy atom. The number of thiazole rings is 1. The first kappa shape index (κ1) is 17.4. The van der Waals surface area contributed by atoms with Crippen molar-refractivity contribution in [2.45, 2.75) is 13.3 Å². The van der Waals surface area contributed by atoms with E-state index in [4.69, 9.17) is 11.6 Å². The number of nitrogens with one attached hydrogen (secondary N) is 1. The molecule has 0 spiro atoms. The number of carbonyl (C=O) groups is 1. The summed E-state index contributed by atoms with van der Waals surface area (Å²) in [6.45, 7) is 2.17. The number of hydrogen-bond acceptors (Lipinski definition) is 5. The Balaban J connectivity index is 1.69. The molecular formula is C16H17ClN2O3S2. The normalized spacial score (nSPS) is 19.3. The monoisotopic (exact) mass is 384 g/mol. The van der Waals surface area contributed by atoms with Gasteiger partial charge in [0.1, 0.15) is 9.88 Å². The lowest BCUT2D eigenvalue weighted by atomic mass is 10.1. The zero-order chi connectivity index (χ0) is 17.3. The van der Waals surface area contributed by atoms with Gasteiger partial charge in [-0.05, 0) is 31.4 Å². The summed E-state index contributed by atoms with van der Waals surface area (Å²) in [4.78, 5) is 17.4. The van der Waals surface area contributed by atoms with Crippen LogP contribution in [0.3, 0.4) is 0 Å². The van der Waals surface area contributed by atoms with Crippen LogP contribution in [0.5, 0.6) is 0 Å². The van der Waals surface area contributed by atoms with E-state index in [0.29, 0.717) is 28.6 Å². The molecule has 1 aromatic carbocycles. The van der Waals surface area contributed by atoms with Gasteiger partial charge in [0, 0.05) is 17.1 Å². The van der Waals surface area contributed by atoms with E-state index in [9.17, 15) is 13.2 Å². The lowest BCUT2D eigenvalue weighted by Gasteiger charge is -2.08. The molecule has 5 nitrogen and oxygen atoms in total. The van der Waals surface area contributed by atoms with Crippen molar-refractivity contribution in [3.05, 3.63) is 39.9 Å². The summed E-state index contributed by atoms with van der Waals surface area (Å²) >= 11 is 7.31. The van der Waals surface area contributed by atoms with Crippen molar-refractivity contribution < 1.29 is 13.2 Å². The van der Waals surface area contributed by atoms with E-state index in [0.717, 1.165) is 10.6 Å². The number of sulfone groups is 1. The second kappa shape index (κ2) is 6.82. The van der Waals surface area contributed by atoms with Crippen molar-refractivity contribution in [2.75, 3.05) is 18.1 Å². The highest BCUT2D eigenvalue weighted by molar-refractivity contribution is 7.91. The summed E-state index contributed by atoms with van der Waals surface area (Å²) in [5.74, 6) is 0.163. The number of halogens is 1. The molecule has 24 heavy (non-hydrogen) atoms. The molecule has 1 fully saturated rings. The highest BCUT2D eigenvalue weighted by Gasteiger charge is 2.28. The van der Waals surface area contributed by atoms with Gasteiger partial charge in [-0.1, -0.05) is 23.7 Å². The van der Waals surface area contributed by atoms with Crippen molar-refractivity contribution in [3.8, 4) is 10.6 Å². The Labute approximate surface area is 150 Å². The molecule has 1 aromatic heterocycles. The molecule has 0 aliphatic carbocycles. The SMILES string of the molecule is Cc1nc(-c2cccc(Cl)c2)sc1C(=O)NCC1CCS(=O)(=O)C1. The molecule has 3 rings (SSSR count). The summed E-state index contributed by atoms with van der Waals surface area (Å²) in [5, 5.41) is 4.20. The maximum absolute atomic E-state index is 12.4.